The summed E-state index contributed by atoms with van der Waals surface area (Å²) < 4.78 is 11.9. The summed E-state index contributed by atoms with van der Waals surface area (Å²) in [5.74, 6) is -0.523. The van der Waals surface area contributed by atoms with E-state index >= 15 is 0 Å². The zero-order valence-corrected chi connectivity index (χ0v) is 18.4. The van der Waals surface area contributed by atoms with E-state index in [0.717, 1.165) is 23.4 Å². The van der Waals surface area contributed by atoms with Crippen LogP contribution in [0.5, 0.6) is 0 Å². The lowest BCUT2D eigenvalue weighted by molar-refractivity contribution is -0.253. The van der Waals surface area contributed by atoms with Gasteiger partial charge in [0.25, 0.3) is 0 Å². The summed E-state index contributed by atoms with van der Waals surface area (Å²) in [4.78, 5) is 14.0. The van der Waals surface area contributed by atoms with Gasteiger partial charge in [0.05, 0.1) is 12.0 Å². The second-order valence-electron chi connectivity index (χ2n) is 8.72. The maximum Gasteiger partial charge on any atom is 0.315 e. The molecule has 4 atom stereocenters. The Labute approximate surface area is 178 Å². The third-order valence-electron chi connectivity index (χ3n) is 5.20. The van der Waals surface area contributed by atoms with E-state index < -0.39 is 6.29 Å². The van der Waals surface area contributed by atoms with Crippen LogP contribution < -0.4 is 5.73 Å². The van der Waals surface area contributed by atoms with Crippen molar-refractivity contribution in [3.8, 4) is 0 Å². The van der Waals surface area contributed by atoms with Gasteiger partial charge in [0.15, 0.2) is 0 Å². The predicted octanol–water partition coefficient (Wildman–Crippen LogP) is 5.31. The largest absolute Gasteiger partial charge is 0.435 e. The molecule has 1 aliphatic rings. The minimum Gasteiger partial charge on any atom is -0.435 e. The van der Waals surface area contributed by atoms with Crippen LogP contribution >= 0.6 is 11.8 Å². The number of aryl methyl sites for hydroxylation is 1. The van der Waals surface area contributed by atoms with Crippen molar-refractivity contribution in [2.24, 2.45) is 11.3 Å². The number of nitrogens with two attached hydrogens (primary N) is 1. The third kappa shape index (κ3) is 5.55. The maximum absolute atomic E-state index is 13.0. The molecule has 156 valence electrons. The van der Waals surface area contributed by atoms with Crippen LogP contribution in [0.15, 0.2) is 59.5 Å². The molecule has 0 aliphatic carbocycles. The van der Waals surface area contributed by atoms with Gasteiger partial charge in [-0.3, -0.25) is 4.79 Å². The molecule has 2 aromatic rings. The SMILES string of the molecule is C[C@H]1O[C@@H](C(C)(C)C)OC(=O)[C@@H]1[C@@H](CCc1ccccc1)Sc1ccccc1N. The van der Waals surface area contributed by atoms with Gasteiger partial charge < -0.3 is 15.2 Å². The number of carbonyl (C=O) groups is 1. The number of anilines is 1. The van der Waals surface area contributed by atoms with Crippen LogP contribution in [0.4, 0.5) is 5.69 Å². The molecule has 1 fully saturated rings. The summed E-state index contributed by atoms with van der Waals surface area (Å²) in [7, 11) is 0. The molecule has 1 saturated heterocycles. The molecule has 0 amide bonds. The molecular weight excluding hydrogens is 382 g/mol. The molecule has 1 aliphatic heterocycles. The first-order chi connectivity index (χ1) is 13.8. The third-order valence-corrected chi connectivity index (χ3v) is 6.66. The fourth-order valence-electron chi connectivity index (χ4n) is 3.53. The van der Waals surface area contributed by atoms with E-state index in [-0.39, 0.29) is 28.7 Å². The summed E-state index contributed by atoms with van der Waals surface area (Å²) in [6.45, 7) is 8.03. The zero-order chi connectivity index (χ0) is 21.0. The monoisotopic (exact) mass is 413 g/mol. The first-order valence-electron chi connectivity index (χ1n) is 10.2. The van der Waals surface area contributed by atoms with Gasteiger partial charge in [0.1, 0.15) is 0 Å². The van der Waals surface area contributed by atoms with Crippen molar-refractivity contribution in [3.63, 3.8) is 0 Å². The second-order valence-corrected chi connectivity index (χ2v) is 10.0. The molecule has 0 saturated carbocycles. The van der Waals surface area contributed by atoms with E-state index in [1.54, 1.807) is 11.8 Å². The number of para-hydroxylation sites is 1. The Kier molecular flexibility index (Phi) is 6.91. The quantitative estimate of drug-likeness (QED) is 0.395. The summed E-state index contributed by atoms with van der Waals surface area (Å²) in [6.07, 6.45) is 0.961. The molecule has 0 bridgehead atoms. The number of thioether (sulfide) groups is 1. The van der Waals surface area contributed by atoms with Crippen LogP contribution in [0, 0.1) is 11.3 Å². The van der Waals surface area contributed by atoms with E-state index in [1.165, 1.54) is 5.56 Å². The number of benzene rings is 2. The van der Waals surface area contributed by atoms with Crippen LogP contribution in [-0.4, -0.2) is 23.6 Å². The van der Waals surface area contributed by atoms with Crippen LogP contribution in [-0.2, 0) is 20.7 Å². The van der Waals surface area contributed by atoms with E-state index in [9.17, 15) is 4.79 Å². The lowest BCUT2D eigenvalue weighted by Crippen LogP contribution is -2.50. The normalized spacial score (nSPS) is 23.4. The van der Waals surface area contributed by atoms with Crippen LogP contribution in [0.2, 0.25) is 0 Å². The summed E-state index contributed by atoms with van der Waals surface area (Å²) in [6, 6.07) is 18.1. The Morgan fingerprint density at radius 1 is 1.07 bits per heavy atom. The van der Waals surface area contributed by atoms with Crippen molar-refractivity contribution < 1.29 is 14.3 Å². The first kappa shape index (κ1) is 21.7. The Balaban J connectivity index is 1.81. The smallest absolute Gasteiger partial charge is 0.315 e. The number of hydrogen-bond acceptors (Lipinski definition) is 5. The maximum atomic E-state index is 13.0. The van der Waals surface area contributed by atoms with Gasteiger partial charge in [-0.05, 0) is 37.5 Å². The molecule has 0 aromatic heterocycles. The van der Waals surface area contributed by atoms with Crippen LogP contribution in [0.3, 0.4) is 0 Å². The van der Waals surface area contributed by atoms with Gasteiger partial charge in [-0.1, -0.05) is 63.2 Å². The van der Waals surface area contributed by atoms with Gasteiger partial charge in [0.2, 0.25) is 6.29 Å². The van der Waals surface area contributed by atoms with Gasteiger partial charge in [0, 0.05) is 21.2 Å². The number of cyclic esters (lactones) is 1. The number of rotatable bonds is 6. The van der Waals surface area contributed by atoms with Crippen LogP contribution in [0.25, 0.3) is 0 Å². The minimum atomic E-state index is -0.525. The molecule has 2 aromatic carbocycles. The molecule has 4 nitrogen and oxygen atoms in total. The molecule has 0 unspecified atom stereocenters. The van der Waals surface area contributed by atoms with Gasteiger partial charge in [-0.25, -0.2) is 0 Å². The van der Waals surface area contributed by atoms with Gasteiger partial charge >= 0.3 is 5.97 Å². The number of ether oxygens (including phenoxy) is 2. The molecule has 2 N–H and O–H groups in total. The van der Waals surface area contributed by atoms with E-state index in [1.807, 2.05) is 70.2 Å². The van der Waals surface area contributed by atoms with Crippen molar-refractivity contribution in [3.05, 3.63) is 60.2 Å². The summed E-state index contributed by atoms with van der Waals surface area (Å²) in [5, 5.41) is 0.00308. The van der Waals surface area contributed by atoms with Gasteiger partial charge in [-0.15, -0.1) is 11.8 Å². The fraction of sp³-hybridized carbons (Fsp3) is 0.458. The minimum absolute atomic E-state index is 0.00308. The Hall–Kier alpha value is -1.98. The molecular formula is C24H31NO3S. The Morgan fingerprint density at radius 3 is 2.34 bits per heavy atom. The van der Waals surface area contributed by atoms with Crippen molar-refractivity contribution in [2.45, 2.75) is 63.1 Å². The highest BCUT2D eigenvalue weighted by atomic mass is 32.2. The number of esters is 1. The summed E-state index contributed by atoms with van der Waals surface area (Å²) >= 11 is 1.65. The first-order valence-corrected chi connectivity index (χ1v) is 11.0. The van der Waals surface area contributed by atoms with E-state index in [4.69, 9.17) is 15.2 Å². The highest BCUT2D eigenvalue weighted by Crippen LogP contribution is 2.40. The van der Waals surface area contributed by atoms with E-state index in [0.29, 0.717) is 0 Å². The number of carbonyl (C=O) groups excluding carboxylic acids is 1. The average Bonchev–Trinajstić information content (AvgIpc) is 2.67. The highest BCUT2D eigenvalue weighted by Gasteiger charge is 2.45. The molecule has 3 rings (SSSR count). The van der Waals surface area contributed by atoms with Crippen molar-refractivity contribution in [1.29, 1.82) is 0 Å². The van der Waals surface area contributed by atoms with Gasteiger partial charge in [-0.2, -0.15) is 0 Å². The highest BCUT2D eigenvalue weighted by molar-refractivity contribution is 8.00. The van der Waals surface area contributed by atoms with E-state index in [2.05, 4.69) is 12.1 Å². The predicted molar refractivity (Wildman–Crippen MR) is 119 cm³/mol. The van der Waals surface area contributed by atoms with Crippen LogP contribution in [0.1, 0.15) is 39.7 Å². The summed E-state index contributed by atoms with van der Waals surface area (Å²) in [5.41, 5.74) is 7.91. The van der Waals surface area contributed by atoms with Crippen molar-refractivity contribution >= 4 is 23.4 Å². The lowest BCUT2D eigenvalue weighted by Gasteiger charge is -2.41. The standard InChI is InChI=1S/C24H31NO3S/c1-16-21(22(26)28-23(27-16)24(2,3)4)20(15-14-17-10-6-5-7-11-17)29-19-13-9-8-12-18(19)25/h5-13,16,20-21,23H,14-15,25H2,1-4H3/t16-,20-,21+,23-/m1/s1. The average molecular weight is 414 g/mol. The van der Waals surface area contributed by atoms with Crippen molar-refractivity contribution in [1.82, 2.24) is 0 Å². The number of nitrogen functional groups attached to an aromatic ring is 1. The fourth-order valence-corrected chi connectivity index (χ4v) is 4.94. The lowest BCUT2D eigenvalue weighted by atomic mass is 9.90. The Bertz CT molecular complexity index is 818. The molecule has 5 heteroatoms. The zero-order valence-electron chi connectivity index (χ0n) is 17.6. The molecule has 29 heavy (non-hydrogen) atoms. The molecule has 1 heterocycles. The Morgan fingerprint density at radius 2 is 1.72 bits per heavy atom. The molecule has 0 spiro atoms. The second kappa shape index (κ2) is 9.23. The number of hydrogen-bond donors (Lipinski definition) is 1. The molecule has 0 radical (unpaired) electrons. The van der Waals surface area contributed by atoms with Crippen molar-refractivity contribution in [2.75, 3.05) is 5.73 Å². The topological polar surface area (TPSA) is 61.5 Å².